The van der Waals surface area contributed by atoms with Crippen LogP contribution in [0.15, 0.2) is 48.7 Å². The molecule has 0 bridgehead atoms. The minimum Gasteiger partial charge on any atom is -0.478 e. The molecule has 1 aromatic heterocycles. The van der Waals surface area contributed by atoms with E-state index in [1.807, 2.05) is 0 Å². The Bertz CT molecular complexity index is 971. The summed E-state index contributed by atoms with van der Waals surface area (Å²) in [6, 6.07) is 12.0. The Kier molecular flexibility index (Phi) is 4.54. The van der Waals surface area contributed by atoms with Crippen LogP contribution in [0.25, 0.3) is 10.9 Å². The van der Waals surface area contributed by atoms with Crippen LogP contribution in [0.1, 0.15) is 17.3 Å². The molecule has 1 heterocycles. The van der Waals surface area contributed by atoms with Crippen molar-refractivity contribution in [1.29, 1.82) is 0 Å². The molecule has 0 atom stereocenters. The van der Waals surface area contributed by atoms with E-state index in [1.165, 1.54) is 13.1 Å². The van der Waals surface area contributed by atoms with Crippen molar-refractivity contribution in [2.75, 3.05) is 10.6 Å². The fraction of sp³-hybridized carbons (Fsp3) is 0.0556. The van der Waals surface area contributed by atoms with Gasteiger partial charge in [-0.1, -0.05) is 11.6 Å². The molecule has 0 aliphatic carbocycles. The number of hydrogen-bond donors (Lipinski definition) is 3. The molecule has 7 heteroatoms. The number of carbonyl (C=O) groups excluding carboxylic acids is 1. The molecule has 6 nitrogen and oxygen atoms in total. The maximum atomic E-state index is 11.6. The standard InChI is InChI=1S/C18H14ClN3O3/c1-10(23)21-12-3-5-13(6-4-12)22-17-14-8-11(19)2-7-16(14)20-9-15(17)18(24)25/h2-9H,1H3,(H,20,22)(H,21,23)(H,24,25). The summed E-state index contributed by atoms with van der Waals surface area (Å²) in [5.41, 5.74) is 2.41. The Morgan fingerprint density at radius 1 is 1.08 bits per heavy atom. The van der Waals surface area contributed by atoms with Crippen molar-refractivity contribution in [2.45, 2.75) is 6.92 Å². The third-order valence-corrected chi connectivity index (χ3v) is 3.77. The second-order valence-corrected chi connectivity index (χ2v) is 5.83. The van der Waals surface area contributed by atoms with Crippen LogP contribution < -0.4 is 10.6 Å². The highest BCUT2D eigenvalue weighted by Crippen LogP contribution is 2.31. The highest BCUT2D eigenvalue weighted by Gasteiger charge is 2.15. The number of rotatable bonds is 4. The lowest BCUT2D eigenvalue weighted by Gasteiger charge is -2.13. The molecule has 0 spiro atoms. The summed E-state index contributed by atoms with van der Waals surface area (Å²) in [6.07, 6.45) is 1.31. The topological polar surface area (TPSA) is 91.3 Å². The van der Waals surface area contributed by atoms with Crippen LogP contribution in [0.3, 0.4) is 0 Å². The zero-order chi connectivity index (χ0) is 18.0. The minimum atomic E-state index is -1.09. The van der Waals surface area contributed by atoms with Crippen LogP contribution in [0.2, 0.25) is 5.02 Å². The lowest BCUT2D eigenvalue weighted by atomic mass is 10.1. The third-order valence-electron chi connectivity index (χ3n) is 3.54. The molecule has 0 unspecified atom stereocenters. The summed E-state index contributed by atoms with van der Waals surface area (Å²) < 4.78 is 0. The van der Waals surface area contributed by atoms with Gasteiger partial charge in [0.1, 0.15) is 5.56 Å². The first-order chi connectivity index (χ1) is 11.9. The summed E-state index contributed by atoms with van der Waals surface area (Å²) in [5.74, 6) is -1.25. The molecule has 0 aliphatic heterocycles. The quantitative estimate of drug-likeness (QED) is 0.649. The molecule has 0 fully saturated rings. The van der Waals surface area contributed by atoms with Gasteiger partial charge in [-0.25, -0.2) is 4.79 Å². The van der Waals surface area contributed by atoms with Crippen molar-refractivity contribution in [2.24, 2.45) is 0 Å². The Balaban J connectivity index is 2.04. The van der Waals surface area contributed by atoms with Crippen LogP contribution >= 0.6 is 11.6 Å². The van der Waals surface area contributed by atoms with Gasteiger partial charge in [0.2, 0.25) is 5.91 Å². The first kappa shape index (κ1) is 16.7. The van der Waals surface area contributed by atoms with E-state index in [-0.39, 0.29) is 11.5 Å². The van der Waals surface area contributed by atoms with Gasteiger partial charge in [-0.3, -0.25) is 9.78 Å². The number of carbonyl (C=O) groups is 2. The second kappa shape index (κ2) is 6.78. The number of anilines is 3. The fourth-order valence-corrected chi connectivity index (χ4v) is 2.62. The summed E-state index contributed by atoms with van der Waals surface area (Å²) in [4.78, 5) is 26.8. The van der Waals surface area contributed by atoms with Gasteiger partial charge >= 0.3 is 5.97 Å². The summed E-state index contributed by atoms with van der Waals surface area (Å²) >= 11 is 6.05. The van der Waals surface area contributed by atoms with Gasteiger partial charge in [0, 0.05) is 34.9 Å². The van der Waals surface area contributed by atoms with Crippen molar-refractivity contribution in [3.63, 3.8) is 0 Å². The normalized spacial score (nSPS) is 10.5. The SMILES string of the molecule is CC(=O)Nc1ccc(Nc2c(C(=O)O)cnc3ccc(Cl)cc23)cc1. The molecule has 2 aromatic carbocycles. The number of pyridine rings is 1. The Morgan fingerprint density at radius 2 is 1.76 bits per heavy atom. The van der Waals surface area contributed by atoms with Crippen molar-refractivity contribution < 1.29 is 14.7 Å². The van der Waals surface area contributed by atoms with Gasteiger partial charge in [0.05, 0.1) is 11.2 Å². The van der Waals surface area contributed by atoms with Crippen molar-refractivity contribution in [3.8, 4) is 0 Å². The Labute approximate surface area is 148 Å². The van der Waals surface area contributed by atoms with Crippen molar-refractivity contribution in [1.82, 2.24) is 4.98 Å². The number of nitrogens with zero attached hydrogens (tertiary/aromatic N) is 1. The van der Waals surface area contributed by atoms with Crippen LogP contribution in [0, 0.1) is 0 Å². The number of aromatic carboxylic acids is 1. The molecule has 3 aromatic rings. The number of benzene rings is 2. The van der Waals surface area contributed by atoms with Crippen LogP contribution in [0.5, 0.6) is 0 Å². The summed E-state index contributed by atoms with van der Waals surface area (Å²) in [6.45, 7) is 1.43. The molecule has 0 radical (unpaired) electrons. The third kappa shape index (κ3) is 3.70. The molecular formula is C18H14ClN3O3. The van der Waals surface area contributed by atoms with Gasteiger partial charge in [0.25, 0.3) is 0 Å². The molecule has 0 saturated heterocycles. The number of fused-ring (bicyclic) bond motifs is 1. The highest BCUT2D eigenvalue weighted by molar-refractivity contribution is 6.31. The molecule has 1 amide bonds. The number of carboxylic acids is 1. The molecule has 3 rings (SSSR count). The Hall–Kier alpha value is -3.12. The second-order valence-electron chi connectivity index (χ2n) is 5.40. The van der Waals surface area contributed by atoms with E-state index in [9.17, 15) is 14.7 Å². The minimum absolute atomic E-state index is 0.0423. The zero-order valence-corrected chi connectivity index (χ0v) is 14.0. The van der Waals surface area contributed by atoms with Gasteiger partial charge in [0.15, 0.2) is 0 Å². The van der Waals surface area contributed by atoms with Crippen LogP contribution in [-0.4, -0.2) is 22.0 Å². The molecular weight excluding hydrogens is 342 g/mol. The number of amides is 1. The predicted octanol–water partition coefficient (Wildman–Crippen LogP) is 4.29. The average molecular weight is 356 g/mol. The first-order valence-corrected chi connectivity index (χ1v) is 7.78. The lowest BCUT2D eigenvalue weighted by Crippen LogP contribution is -2.06. The number of carboxylic acid groups (broad SMARTS) is 1. The molecule has 0 saturated carbocycles. The first-order valence-electron chi connectivity index (χ1n) is 7.40. The molecule has 3 N–H and O–H groups in total. The van der Waals surface area contributed by atoms with E-state index in [2.05, 4.69) is 15.6 Å². The summed E-state index contributed by atoms with van der Waals surface area (Å²) in [7, 11) is 0. The highest BCUT2D eigenvalue weighted by atomic mass is 35.5. The number of halogens is 1. The largest absolute Gasteiger partial charge is 0.478 e. The van der Waals surface area contributed by atoms with E-state index in [4.69, 9.17) is 11.6 Å². The van der Waals surface area contributed by atoms with E-state index in [1.54, 1.807) is 42.5 Å². The van der Waals surface area contributed by atoms with Crippen molar-refractivity contribution >= 4 is 51.4 Å². The van der Waals surface area contributed by atoms with Crippen LogP contribution in [0.4, 0.5) is 17.1 Å². The molecule has 0 aliphatic rings. The number of nitrogens with one attached hydrogen (secondary N) is 2. The average Bonchev–Trinajstić information content (AvgIpc) is 2.56. The summed E-state index contributed by atoms with van der Waals surface area (Å²) in [5, 5.41) is 16.3. The van der Waals surface area contributed by atoms with E-state index in [0.717, 1.165) is 0 Å². The predicted molar refractivity (Wildman–Crippen MR) is 97.7 cm³/mol. The maximum Gasteiger partial charge on any atom is 0.339 e. The van der Waals surface area contributed by atoms with E-state index < -0.39 is 5.97 Å². The van der Waals surface area contributed by atoms with Crippen LogP contribution in [-0.2, 0) is 4.79 Å². The van der Waals surface area contributed by atoms with Crippen molar-refractivity contribution in [3.05, 3.63) is 59.2 Å². The van der Waals surface area contributed by atoms with Gasteiger partial charge < -0.3 is 15.7 Å². The maximum absolute atomic E-state index is 11.6. The molecule has 25 heavy (non-hydrogen) atoms. The molecule has 126 valence electrons. The smallest absolute Gasteiger partial charge is 0.339 e. The number of aromatic nitrogens is 1. The fourth-order valence-electron chi connectivity index (χ4n) is 2.45. The number of hydrogen-bond acceptors (Lipinski definition) is 4. The van der Waals surface area contributed by atoms with E-state index in [0.29, 0.717) is 33.0 Å². The Morgan fingerprint density at radius 3 is 2.40 bits per heavy atom. The van der Waals surface area contributed by atoms with Gasteiger partial charge in [-0.2, -0.15) is 0 Å². The van der Waals surface area contributed by atoms with Gasteiger partial charge in [-0.15, -0.1) is 0 Å². The lowest BCUT2D eigenvalue weighted by molar-refractivity contribution is -0.114. The monoisotopic (exact) mass is 355 g/mol. The van der Waals surface area contributed by atoms with Gasteiger partial charge in [-0.05, 0) is 42.5 Å². The zero-order valence-electron chi connectivity index (χ0n) is 13.2. The van der Waals surface area contributed by atoms with E-state index >= 15 is 0 Å².